The molecule has 3 N–H and O–H groups in total. The SMILES string of the molecule is COc1cccc(-n2c(=O)[nH]c3c(C(N)=O)nc(-c4ccc(C(=O)[O-])cc4)nc32)c1. The third-order valence-corrected chi connectivity index (χ3v) is 4.46. The van der Waals surface area contributed by atoms with Crippen LogP contribution in [0.3, 0.4) is 0 Å². The van der Waals surface area contributed by atoms with E-state index in [1.54, 1.807) is 24.3 Å². The number of nitrogens with two attached hydrogens (primary N) is 1. The fourth-order valence-corrected chi connectivity index (χ4v) is 3.04. The summed E-state index contributed by atoms with van der Waals surface area (Å²) in [5.41, 5.74) is 5.84. The van der Waals surface area contributed by atoms with Crippen LogP contribution in [0.25, 0.3) is 28.2 Å². The van der Waals surface area contributed by atoms with E-state index < -0.39 is 17.6 Å². The second-order valence-corrected chi connectivity index (χ2v) is 6.29. The Morgan fingerprint density at radius 2 is 1.87 bits per heavy atom. The number of hydrogen-bond donors (Lipinski definition) is 2. The summed E-state index contributed by atoms with van der Waals surface area (Å²) in [6.07, 6.45) is 0. The molecule has 2 heterocycles. The van der Waals surface area contributed by atoms with Gasteiger partial charge in [0.05, 0.1) is 18.8 Å². The average Bonchev–Trinajstić information content (AvgIpc) is 3.08. The molecule has 10 heteroatoms. The molecule has 0 aliphatic heterocycles. The summed E-state index contributed by atoms with van der Waals surface area (Å²) in [6.45, 7) is 0. The lowest BCUT2D eigenvalue weighted by molar-refractivity contribution is -0.255. The van der Waals surface area contributed by atoms with E-state index in [-0.39, 0.29) is 28.2 Å². The van der Waals surface area contributed by atoms with Gasteiger partial charge in [-0.05, 0) is 17.7 Å². The van der Waals surface area contributed by atoms with Crippen LogP contribution in [0.5, 0.6) is 5.75 Å². The number of fused-ring (bicyclic) bond motifs is 1. The normalized spacial score (nSPS) is 10.8. The molecule has 2 aromatic heterocycles. The van der Waals surface area contributed by atoms with Crippen LogP contribution in [0, 0.1) is 0 Å². The first-order valence-electron chi connectivity index (χ1n) is 8.68. The highest BCUT2D eigenvalue weighted by Gasteiger charge is 2.20. The molecule has 0 fully saturated rings. The minimum atomic E-state index is -1.33. The van der Waals surface area contributed by atoms with Gasteiger partial charge in [0, 0.05) is 11.6 Å². The van der Waals surface area contributed by atoms with Crippen LogP contribution in [-0.2, 0) is 0 Å². The number of nitrogens with one attached hydrogen (secondary N) is 1. The molecular weight excluding hydrogens is 390 g/mol. The van der Waals surface area contributed by atoms with Crippen LogP contribution in [0.4, 0.5) is 0 Å². The van der Waals surface area contributed by atoms with Gasteiger partial charge in [0.1, 0.15) is 11.3 Å². The van der Waals surface area contributed by atoms with Gasteiger partial charge in [0.15, 0.2) is 17.2 Å². The number of aromatic amines is 1. The van der Waals surface area contributed by atoms with E-state index in [1.165, 1.54) is 35.9 Å². The number of aromatic carboxylic acids is 1. The van der Waals surface area contributed by atoms with Gasteiger partial charge in [0.2, 0.25) is 0 Å². The number of H-pyrrole nitrogens is 1. The van der Waals surface area contributed by atoms with Crippen LogP contribution in [0.2, 0.25) is 0 Å². The molecule has 0 saturated heterocycles. The van der Waals surface area contributed by atoms with Crippen LogP contribution in [0.15, 0.2) is 53.3 Å². The monoisotopic (exact) mass is 404 g/mol. The van der Waals surface area contributed by atoms with Gasteiger partial charge in [-0.3, -0.25) is 4.79 Å². The molecule has 1 amide bonds. The number of carbonyl (C=O) groups excluding carboxylic acids is 2. The number of aromatic nitrogens is 4. The molecule has 0 radical (unpaired) electrons. The molecule has 30 heavy (non-hydrogen) atoms. The zero-order chi connectivity index (χ0) is 21.4. The summed E-state index contributed by atoms with van der Waals surface area (Å²) in [5.74, 6) is -1.56. The van der Waals surface area contributed by atoms with Crippen LogP contribution in [-0.4, -0.2) is 38.5 Å². The Labute approximate surface area is 168 Å². The van der Waals surface area contributed by atoms with Gasteiger partial charge in [-0.1, -0.05) is 30.3 Å². The van der Waals surface area contributed by atoms with Crippen molar-refractivity contribution >= 4 is 23.0 Å². The Kier molecular flexibility index (Phi) is 4.51. The molecule has 0 saturated carbocycles. The van der Waals surface area contributed by atoms with Crippen molar-refractivity contribution in [2.75, 3.05) is 7.11 Å². The van der Waals surface area contributed by atoms with Crippen molar-refractivity contribution in [1.29, 1.82) is 0 Å². The standard InChI is InChI=1S/C20H15N5O5/c1-30-13-4-2-3-12(9-13)25-18-15(23-20(25)29)14(16(21)26)22-17(24-18)10-5-7-11(8-6-10)19(27)28/h2-9H,1H3,(H2,21,26)(H,23,29)(H,27,28)/p-1. The Bertz CT molecular complexity index is 1350. The molecule has 0 aliphatic rings. The second-order valence-electron chi connectivity index (χ2n) is 6.29. The third-order valence-electron chi connectivity index (χ3n) is 4.46. The molecule has 4 aromatic rings. The number of amides is 1. The van der Waals surface area contributed by atoms with E-state index in [2.05, 4.69) is 15.0 Å². The van der Waals surface area contributed by atoms with Crippen molar-refractivity contribution < 1.29 is 19.4 Å². The van der Waals surface area contributed by atoms with Crippen molar-refractivity contribution in [1.82, 2.24) is 19.5 Å². The van der Waals surface area contributed by atoms with Gasteiger partial charge in [-0.25, -0.2) is 19.3 Å². The van der Waals surface area contributed by atoms with Crippen molar-refractivity contribution in [3.8, 4) is 22.8 Å². The van der Waals surface area contributed by atoms with Gasteiger partial charge in [-0.15, -0.1) is 0 Å². The zero-order valence-electron chi connectivity index (χ0n) is 15.6. The Morgan fingerprint density at radius 3 is 2.50 bits per heavy atom. The summed E-state index contributed by atoms with van der Waals surface area (Å²) in [4.78, 5) is 46.8. The van der Waals surface area contributed by atoms with E-state index >= 15 is 0 Å². The molecule has 0 aliphatic carbocycles. The fraction of sp³-hybridized carbons (Fsp3) is 0.0500. The number of benzene rings is 2. The Balaban J connectivity index is 1.99. The van der Waals surface area contributed by atoms with Gasteiger partial charge in [-0.2, -0.15) is 0 Å². The fourth-order valence-electron chi connectivity index (χ4n) is 3.04. The van der Waals surface area contributed by atoms with Crippen molar-refractivity contribution in [3.05, 3.63) is 70.3 Å². The van der Waals surface area contributed by atoms with E-state index in [0.717, 1.165) is 0 Å². The number of primary amides is 1. The molecule has 150 valence electrons. The quantitative estimate of drug-likeness (QED) is 0.483. The highest BCUT2D eigenvalue weighted by atomic mass is 16.5. The number of ether oxygens (including phenoxy) is 1. The molecule has 10 nitrogen and oxygen atoms in total. The lowest BCUT2D eigenvalue weighted by atomic mass is 10.1. The predicted octanol–water partition coefficient (Wildman–Crippen LogP) is 0.247. The number of carboxylic acid groups (broad SMARTS) is 1. The summed E-state index contributed by atoms with van der Waals surface area (Å²) in [7, 11) is 1.50. The summed E-state index contributed by atoms with van der Waals surface area (Å²) >= 11 is 0. The third kappa shape index (κ3) is 3.15. The summed E-state index contributed by atoms with van der Waals surface area (Å²) in [6, 6.07) is 12.3. The predicted molar refractivity (Wildman–Crippen MR) is 104 cm³/mol. The van der Waals surface area contributed by atoms with Crippen LogP contribution in [0.1, 0.15) is 20.8 Å². The molecule has 4 rings (SSSR count). The van der Waals surface area contributed by atoms with Crippen LogP contribution >= 0.6 is 0 Å². The maximum absolute atomic E-state index is 12.7. The first kappa shape index (κ1) is 18.9. The van der Waals surface area contributed by atoms with Crippen molar-refractivity contribution in [2.45, 2.75) is 0 Å². The zero-order valence-corrected chi connectivity index (χ0v) is 15.6. The highest BCUT2D eigenvalue weighted by molar-refractivity contribution is 6.02. The Morgan fingerprint density at radius 1 is 1.13 bits per heavy atom. The lowest BCUT2D eigenvalue weighted by Gasteiger charge is -2.08. The Hall–Kier alpha value is -4.47. The number of imidazole rings is 1. The molecule has 0 spiro atoms. The van der Waals surface area contributed by atoms with E-state index in [4.69, 9.17) is 10.5 Å². The number of carboxylic acids is 1. The minimum absolute atomic E-state index is 0.0233. The average molecular weight is 404 g/mol. The van der Waals surface area contributed by atoms with Gasteiger partial charge >= 0.3 is 5.69 Å². The first-order valence-corrected chi connectivity index (χ1v) is 8.68. The number of methoxy groups -OCH3 is 1. The summed E-state index contributed by atoms with van der Waals surface area (Å²) < 4.78 is 6.47. The lowest BCUT2D eigenvalue weighted by Crippen LogP contribution is -2.21. The molecular formula is C20H14N5O5-. The molecule has 0 atom stereocenters. The van der Waals surface area contributed by atoms with Gasteiger partial charge < -0.3 is 25.4 Å². The highest BCUT2D eigenvalue weighted by Crippen LogP contribution is 2.23. The number of rotatable bonds is 5. The van der Waals surface area contributed by atoms with Crippen LogP contribution < -0.4 is 21.3 Å². The van der Waals surface area contributed by atoms with Gasteiger partial charge in [0.25, 0.3) is 5.91 Å². The second kappa shape index (κ2) is 7.17. The number of nitrogens with zero attached hydrogens (tertiary/aromatic N) is 3. The number of carbonyl (C=O) groups is 2. The minimum Gasteiger partial charge on any atom is -0.545 e. The van der Waals surface area contributed by atoms with Crippen molar-refractivity contribution in [3.63, 3.8) is 0 Å². The molecule has 0 unspecified atom stereocenters. The smallest absolute Gasteiger partial charge is 0.332 e. The van der Waals surface area contributed by atoms with E-state index in [9.17, 15) is 19.5 Å². The van der Waals surface area contributed by atoms with Crippen molar-refractivity contribution in [2.24, 2.45) is 5.73 Å². The molecule has 2 aromatic carbocycles. The maximum Gasteiger partial charge on any atom is 0.332 e. The number of hydrogen-bond acceptors (Lipinski definition) is 7. The largest absolute Gasteiger partial charge is 0.545 e. The van der Waals surface area contributed by atoms with E-state index in [0.29, 0.717) is 17.0 Å². The summed E-state index contributed by atoms with van der Waals surface area (Å²) in [5, 5.41) is 11.0. The van der Waals surface area contributed by atoms with E-state index in [1.807, 2.05) is 0 Å². The molecule has 0 bridgehead atoms. The maximum atomic E-state index is 12.7. The first-order chi connectivity index (χ1) is 14.4. The topological polar surface area (TPSA) is 156 Å².